The van der Waals surface area contributed by atoms with E-state index in [-0.39, 0.29) is 46.2 Å². The number of primary amides is 1. The molecule has 0 atom stereocenters. The lowest BCUT2D eigenvalue weighted by molar-refractivity contribution is -0.184. The van der Waals surface area contributed by atoms with E-state index in [1.54, 1.807) is 18.2 Å². The van der Waals surface area contributed by atoms with Crippen LogP contribution in [-0.2, 0) is 21.6 Å². The maximum atomic E-state index is 14.8. The molecule has 0 radical (unpaired) electrons. The number of pyridine rings is 1. The van der Waals surface area contributed by atoms with Gasteiger partial charge in [-0.1, -0.05) is 6.07 Å². The first-order chi connectivity index (χ1) is 14.8. The zero-order valence-corrected chi connectivity index (χ0v) is 16.8. The van der Waals surface area contributed by atoms with Crippen LogP contribution >= 0.6 is 11.3 Å². The van der Waals surface area contributed by atoms with Crippen molar-refractivity contribution >= 4 is 34.3 Å². The predicted molar refractivity (Wildman–Crippen MR) is 110 cm³/mol. The monoisotopic (exact) mass is 445 g/mol. The molecule has 1 fully saturated rings. The van der Waals surface area contributed by atoms with Crippen LogP contribution in [0.1, 0.15) is 21.6 Å². The van der Waals surface area contributed by atoms with Gasteiger partial charge in [-0.05, 0) is 35.9 Å². The van der Waals surface area contributed by atoms with Crippen LogP contribution in [-0.4, -0.2) is 35.5 Å². The standard InChI is InChI=1S/C21H17F2N3O4S/c22-14-6-11(21(29)9-30-10-21)7-15(23)18(14)16-8-13(19(24)28)20(31-16)26-17-3-1-2-12(25-17)4-5-27/h1-3,5-8,29H,4,9-10H2,(H2,24,28)(H,25,26). The van der Waals surface area contributed by atoms with Crippen LogP contribution in [0.2, 0.25) is 0 Å². The number of carbonyl (C=O) groups excluding carboxylic acids is 2. The fourth-order valence-corrected chi connectivity index (χ4v) is 4.31. The summed E-state index contributed by atoms with van der Waals surface area (Å²) in [6.07, 6.45) is 0.833. The van der Waals surface area contributed by atoms with Gasteiger partial charge >= 0.3 is 0 Å². The number of aldehydes is 1. The number of nitrogens with two attached hydrogens (primary N) is 1. The third-order valence-corrected chi connectivity index (χ3v) is 5.91. The number of thiophene rings is 1. The lowest BCUT2D eigenvalue weighted by Gasteiger charge is -2.36. The van der Waals surface area contributed by atoms with Gasteiger partial charge in [0.2, 0.25) is 0 Å². The van der Waals surface area contributed by atoms with Gasteiger partial charge in [-0.25, -0.2) is 13.8 Å². The molecule has 4 rings (SSSR count). The molecule has 0 unspecified atom stereocenters. The van der Waals surface area contributed by atoms with E-state index in [4.69, 9.17) is 10.5 Å². The fraction of sp³-hybridized carbons (Fsp3) is 0.190. The van der Waals surface area contributed by atoms with Crippen molar-refractivity contribution < 1.29 is 28.2 Å². The number of nitrogens with zero attached hydrogens (tertiary/aromatic N) is 1. The first-order valence-electron chi connectivity index (χ1n) is 9.21. The van der Waals surface area contributed by atoms with E-state index in [2.05, 4.69) is 10.3 Å². The lowest BCUT2D eigenvalue weighted by atomic mass is 9.91. The summed E-state index contributed by atoms with van der Waals surface area (Å²) < 4.78 is 34.6. The topological polar surface area (TPSA) is 115 Å². The highest BCUT2D eigenvalue weighted by Gasteiger charge is 2.39. The van der Waals surface area contributed by atoms with Crippen molar-refractivity contribution in [2.45, 2.75) is 12.0 Å². The zero-order valence-electron chi connectivity index (χ0n) is 16.0. The van der Waals surface area contributed by atoms with Gasteiger partial charge in [0.25, 0.3) is 5.91 Å². The Kier molecular flexibility index (Phi) is 5.52. The summed E-state index contributed by atoms with van der Waals surface area (Å²) in [6.45, 7) is -0.0828. The molecule has 1 aromatic carbocycles. The summed E-state index contributed by atoms with van der Waals surface area (Å²) in [7, 11) is 0. The van der Waals surface area contributed by atoms with E-state index in [1.165, 1.54) is 6.07 Å². The number of ether oxygens (including phenoxy) is 1. The summed E-state index contributed by atoms with van der Waals surface area (Å²) in [4.78, 5) is 27.0. The number of aromatic nitrogens is 1. The Morgan fingerprint density at radius 3 is 2.58 bits per heavy atom. The van der Waals surface area contributed by atoms with E-state index in [1.807, 2.05) is 0 Å². The minimum Gasteiger partial charge on any atom is -0.380 e. The minimum absolute atomic E-state index is 0.0384. The summed E-state index contributed by atoms with van der Waals surface area (Å²) in [6, 6.07) is 8.38. The molecule has 3 heterocycles. The second kappa shape index (κ2) is 8.14. The number of hydrogen-bond donors (Lipinski definition) is 3. The van der Waals surface area contributed by atoms with E-state index >= 15 is 0 Å². The lowest BCUT2D eigenvalue weighted by Crippen LogP contribution is -2.46. The van der Waals surface area contributed by atoms with Crippen molar-refractivity contribution in [1.82, 2.24) is 4.98 Å². The molecule has 1 aliphatic heterocycles. The quantitative estimate of drug-likeness (QED) is 0.482. The molecular formula is C21H17F2N3O4S. The molecule has 1 aliphatic rings. The van der Waals surface area contributed by atoms with Crippen LogP contribution in [0.4, 0.5) is 19.6 Å². The molecule has 3 aromatic rings. The minimum atomic E-state index is -1.42. The highest BCUT2D eigenvalue weighted by Crippen LogP contribution is 2.41. The van der Waals surface area contributed by atoms with Gasteiger partial charge in [-0.3, -0.25) is 4.79 Å². The van der Waals surface area contributed by atoms with Crippen LogP contribution in [0.5, 0.6) is 0 Å². The molecule has 7 nitrogen and oxygen atoms in total. The van der Waals surface area contributed by atoms with Gasteiger partial charge < -0.3 is 25.7 Å². The van der Waals surface area contributed by atoms with E-state index in [0.717, 1.165) is 23.5 Å². The Hall–Kier alpha value is -3.21. The maximum Gasteiger partial charge on any atom is 0.251 e. The van der Waals surface area contributed by atoms with E-state index < -0.39 is 23.1 Å². The average Bonchev–Trinajstić information content (AvgIpc) is 3.09. The Morgan fingerprint density at radius 2 is 2.00 bits per heavy atom. The summed E-state index contributed by atoms with van der Waals surface area (Å²) in [5, 5.41) is 13.5. The molecular weight excluding hydrogens is 428 g/mol. The number of benzene rings is 1. The average molecular weight is 445 g/mol. The molecule has 4 N–H and O–H groups in total. The van der Waals surface area contributed by atoms with Gasteiger partial charge in [-0.15, -0.1) is 11.3 Å². The maximum absolute atomic E-state index is 14.8. The van der Waals surface area contributed by atoms with Gasteiger partial charge in [0.1, 0.15) is 34.3 Å². The molecule has 31 heavy (non-hydrogen) atoms. The Bertz CT molecular complexity index is 1150. The zero-order chi connectivity index (χ0) is 22.2. The first-order valence-corrected chi connectivity index (χ1v) is 10.0. The Balaban J connectivity index is 1.71. The van der Waals surface area contributed by atoms with Gasteiger partial charge in [0.05, 0.1) is 24.3 Å². The van der Waals surface area contributed by atoms with Crippen LogP contribution in [0.3, 0.4) is 0 Å². The second-order valence-electron chi connectivity index (χ2n) is 7.07. The van der Waals surface area contributed by atoms with Gasteiger partial charge in [0, 0.05) is 17.0 Å². The molecule has 1 amide bonds. The van der Waals surface area contributed by atoms with Crippen LogP contribution in [0.15, 0.2) is 36.4 Å². The van der Waals surface area contributed by atoms with Crippen LogP contribution in [0, 0.1) is 11.6 Å². The van der Waals surface area contributed by atoms with E-state index in [9.17, 15) is 23.5 Å². The third-order valence-electron chi connectivity index (χ3n) is 4.85. The van der Waals surface area contributed by atoms with Crippen molar-refractivity contribution in [3.05, 3.63) is 64.9 Å². The molecule has 1 saturated heterocycles. The molecule has 2 aromatic heterocycles. The molecule has 0 spiro atoms. The van der Waals surface area contributed by atoms with E-state index in [0.29, 0.717) is 17.8 Å². The number of rotatable bonds is 7. The summed E-state index contributed by atoms with van der Waals surface area (Å²) >= 11 is 0.928. The number of halogens is 2. The number of nitrogens with one attached hydrogen (secondary N) is 1. The third kappa shape index (κ3) is 4.05. The van der Waals surface area contributed by atoms with Crippen LogP contribution in [0.25, 0.3) is 10.4 Å². The smallest absolute Gasteiger partial charge is 0.251 e. The number of carbonyl (C=O) groups is 2. The predicted octanol–water partition coefficient (Wildman–Crippen LogP) is 2.89. The number of anilines is 2. The molecule has 160 valence electrons. The second-order valence-corrected chi connectivity index (χ2v) is 8.12. The van der Waals surface area contributed by atoms with Crippen LogP contribution < -0.4 is 11.1 Å². The Morgan fingerprint density at radius 1 is 1.29 bits per heavy atom. The Labute approximate surface area is 179 Å². The number of amides is 1. The van der Waals surface area contributed by atoms with Crippen molar-refractivity contribution in [2.75, 3.05) is 18.5 Å². The SMILES string of the molecule is NC(=O)c1cc(-c2c(F)cc(C3(O)COC3)cc2F)sc1Nc1cccc(CC=O)n1. The van der Waals surface area contributed by atoms with Crippen molar-refractivity contribution in [3.8, 4) is 10.4 Å². The largest absolute Gasteiger partial charge is 0.380 e. The van der Waals surface area contributed by atoms with Gasteiger partial charge in [0.15, 0.2) is 0 Å². The first kappa shape index (κ1) is 21.0. The number of aliphatic hydroxyl groups is 1. The highest BCUT2D eigenvalue weighted by molar-refractivity contribution is 7.20. The molecule has 0 saturated carbocycles. The highest BCUT2D eigenvalue weighted by atomic mass is 32.1. The van der Waals surface area contributed by atoms with Crippen molar-refractivity contribution in [1.29, 1.82) is 0 Å². The summed E-state index contributed by atoms with van der Waals surface area (Å²) in [5.41, 5.74) is 4.33. The normalized spacial score (nSPS) is 14.7. The molecule has 0 aliphatic carbocycles. The molecule has 0 bridgehead atoms. The van der Waals surface area contributed by atoms with Crippen molar-refractivity contribution in [2.24, 2.45) is 5.73 Å². The fourth-order valence-electron chi connectivity index (χ4n) is 3.19. The van der Waals surface area contributed by atoms with Gasteiger partial charge in [-0.2, -0.15) is 0 Å². The molecule has 10 heteroatoms. The van der Waals surface area contributed by atoms with Crippen molar-refractivity contribution in [3.63, 3.8) is 0 Å². The summed E-state index contributed by atoms with van der Waals surface area (Å²) in [5.74, 6) is -2.21. The number of hydrogen-bond acceptors (Lipinski definition) is 7.